The zero-order chi connectivity index (χ0) is 10.9. The first-order valence-corrected chi connectivity index (χ1v) is 6.05. The third-order valence-electron chi connectivity index (χ3n) is 1.96. The molecule has 80 valence electrons. The van der Waals surface area contributed by atoms with Crippen molar-refractivity contribution in [3.63, 3.8) is 0 Å². The zero-order valence-corrected chi connectivity index (χ0v) is 10.3. The lowest BCUT2D eigenvalue weighted by atomic mass is 10.1. The van der Waals surface area contributed by atoms with Gasteiger partial charge in [-0.05, 0) is 12.8 Å². The Balaban J connectivity index is 2.99. The molecule has 0 unspecified atom stereocenters. The minimum absolute atomic E-state index is 0.563. The van der Waals surface area contributed by atoms with Crippen LogP contribution in [-0.2, 0) is 0 Å². The van der Waals surface area contributed by atoms with Crippen LogP contribution in [0.15, 0.2) is 0 Å². The molecule has 0 nitrogen and oxygen atoms in total. The van der Waals surface area contributed by atoms with Crippen molar-refractivity contribution in [3.05, 3.63) is 0 Å². The monoisotopic (exact) mass is 245 g/mol. The third kappa shape index (κ3) is 12.9. The van der Waals surface area contributed by atoms with Gasteiger partial charge in [-0.15, -0.1) is 0 Å². The first kappa shape index (κ1) is 11.9. The molecular formula is C10H19Cl3. The number of halogens is 3. The van der Waals surface area contributed by atoms with Gasteiger partial charge in [-0.1, -0.05) is 80.2 Å². The average Bonchev–Trinajstić information content (AvgIpc) is 2.08. The largest absolute Gasteiger partial charge is 0.190 e. The molecule has 0 aliphatic heterocycles. The molecule has 0 amide bonds. The molecule has 13 heavy (non-hydrogen) atoms. The SMILES string of the molecule is [2H]CCCCCCCCCC(Cl)(Cl)Cl. The Bertz CT molecular complexity index is 123. The maximum absolute atomic E-state index is 6.97. The summed E-state index contributed by atoms with van der Waals surface area (Å²) in [6.45, 7) is 0.563. The predicted molar refractivity (Wildman–Crippen MR) is 62.9 cm³/mol. The summed E-state index contributed by atoms with van der Waals surface area (Å²) in [7, 11) is 0. The van der Waals surface area contributed by atoms with Crippen molar-refractivity contribution in [1.29, 1.82) is 0 Å². The molecule has 0 heterocycles. The topological polar surface area (TPSA) is 0 Å². The van der Waals surface area contributed by atoms with Crippen LogP contribution in [0.25, 0.3) is 0 Å². The standard InChI is InChI=1S/C10H19Cl3/c1-2-3-4-5-6-7-8-9-10(11,12)13/h2-9H2,1H3/i1D. The van der Waals surface area contributed by atoms with E-state index in [4.69, 9.17) is 36.2 Å². The van der Waals surface area contributed by atoms with Crippen LogP contribution in [0.1, 0.15) is 59.6 Å². The van der Waals surface area contributed by atoms with Gasteiger partial charge in [-0.3, -0.25) is 0 Å². The molecule has 0 fully saturated rings. The lowest BCUT2D eigenvalue weighted by Gasteiger charge is -2.09. The number of hydrogen-bond acceptors (Lipinski definition) is 0. The van der Waals surface area contributed by atoms with Crippen molar-refractivity contribution < 1.29 is 1.37 Å². The molecule has 0 atom stereocenters. The van der Waals surface area contributed by atoms with Crippen molar-refractivity contribution in [3.8, 4) is 0 Å². The number of unbranched alkanes of at least 4 members (excludes halogenated alkanes) is 6. The highest BCUT2D eigenvalue weighted by molar-refractivity contribution is 6.67. The number of rotatable bonds is 7. The fourth-order valence-electron chi connectivity index (χ4n) is 1.21. The average molecular weight is 247 g/mol. The highest BCUT2D eigenvalue weighted by atomic mass is 35.6. The van der Waals surface area contributed by atoms with Crippen molar-refractivity contribution in [1.82, 2.24) is 0 Å². The van der Waals surface area contributed by atoms with Crippen LogP contribution in [-0.4, -0.2) is 3.79 Å². The number of alkyl halides is 3. The molecule has 0 radical (unpaired) electrons. The fraction of sp³-hybridized carbons (Fsp3) is 1.00. The van der Waals surface area contributed by atoms with Gasteiger partial charge >= 0.3 is 0 Å². The van der Waals surface area contributed by atoms with E-state index in [1.165, 1.54) is 25.7 Å². The van der Waals surface area contributed by atoms with Crippen LogP contribution in [0, 0.1) is 0 Å². The van der Waals surface area contributed by atoms with Crippen LogP contribution in [0.5, 0.6) is 0 Å². The van der Waals surface area contributed by atoms with Gasteiger partial charge in [0, 0.05) is 1.37 Å². The molecule has 0 spiro atoms. The lowest BCUT2D eigenvalue weighted by molar-refractivity contribution is 0.578. The third-order valence-corrected chi connectivity index (χ3v) is 2.53. The molecule has 0 rings (SSSR count). The quantitative estimate of drug-likeness (QED) is 0.411. The van der Waals surface area contributed by atoms with Crippen molar-refractivity contribution in [2.45, 2.75) is 62.1 Å². The maximum atomic E-state index is 6.97. The summed E-state index contributed by atoms with van der Waals surface area (Å²) in [4.78, 5) is 0. The van der Waals surface area contributed by atoms with E-state index in [1.807, 2.05) is 0 Å². The maximum Gasteiger partial charge on any atom is 0.190 e. The van der Waals surface area contributed by atoms with Gasteiger partial charge in [-0.2, -0.15) is 0 Å². The second-order valence-corrected chi connectivity index (χ2v) is 5.86. The normalized spacial score (nSPS) is 13.0. The second kappa shape index (κ2) is 8.20. The summed E-state index contributed by atoms with van der Waals surface area (Å²) >= 11 is 16.9. The Hall–Kier alpha value is 0.870. The summed E-state index contributed by atoms with van der Waals surface area (Å²) in [6.07, 6.45) is 8.74. The van der Waals surface area contributed by atoms with Crippen molar-refractivity contribution in [2.24, 2.45) is 0 Å². The van der Waals surface area contributed by atoms with Crippen LogP contribution >= 0.6 is 34.8 Å². The van der Waals surface area contributed by atoms with Crippen LogP contribution in [0.3, 0.4) is 0 Å². The highest BCUT2D eigenvalue weighted by Gasteiger charge is 2.17. The smallest absolute Gasteiger partial charge is 0.0837 e. The Morgan fingerprint density at radius 1 is 0.923 bits per heavy atom. The Morgan fingerprint density at radius 3 is 2.00 bits per heavy atom. The van der Waals surface area contributed by atoms with Gasteiger partial charge in [0.15, 0.2) is 3.79 Å². The van der Waals surface area contributed by atoms with Crippen molar-refractivity contribution in [2.75, 3.05) is 0 Å². The highest BCUT2D eigenvalue weighted by Crippen LogP contribution is 2.32. The molecule has 0 aliphatic carbocycles. The first-order chi connectivity index (χ1) is 6.56. The van der Waals surface area contributed by atoms with Gasteiger partial charge in [-0.25, -0.2) is 0 Å². The van der Waals surface area contributed by atoms with Gasteiger partial charge < -0.3 is 0 Å². The van der Waals surface area contributed by atoms with E-state index in [9.17, 15) is 0 Å². The lowest BCUT2D eigenvalue weighted by Crippen LogP contribution is -2.00. The van der Waals surface area contributed by atoms with E-state index < -0.39 is 3.79 Å². The molecule has 0 aromatic heterocycles. The molecule has 0 N–H and O–H groups in total. The van der Waals surface area contributed by atoms with E-state index in [-0.39, 0.29) is 0 Å². The molecule has 0 aromatic rings. The summed E-state index contributed by atoms with van der Waals surface area (Å²) in [5.74, 6) is 0. The molecule has 0 aliphatic rings. The minimum atomic E-state index is -1.06. The molecule has 0 aromatic carbocycles. The van der Waals surface area contributed by atoms with E-state index >= 15 is 0 Å². The molecule has 0 bridgehead atoms. The Morgan fingerprint density at radius 2 is 1.46 bits per heavy atom. The Kier molecular flexibility index (Phi) is 7.53. The Labute approximate surface area is 98.3 Å². The van der Waals surface area contributed by atoms with E-state index in [0.717, 1.165) is 19.3 Å². The fourth-order valence-corrected chi connectivity index (χ4v) is 1.61. The van der Waals surface area contributed by atoms with Gasteiger partial charge in [0.05, 0.1) is 0 Å². The van der Waals surface area contributed by atoms with Crippen LogP contribution in [0.4, 0.5) is 0 Å². The minimum Gasteiger partial charge on any atom is -0.0837 e. The number of hydrogen-bond donors (Lipinski definition) is 0. The predicted octanol–water partition coefficient (Wildman–Crippen LogP) is 5.50. The van der Waals surface area contributed by atoms with Crippen LogP contribution < -0.4 is 0 Å². The van der Waals surface area contributed by atoms with E-state index in [0.29, 0.717) is 13.3 Å². The summed E-state index contributed by atoms with van der Waals surface area (Å²) in [5.41, 5.74) is 0. The van der Waals surface area contributed by atoms with Gasteiger partial charge in [0.25, 0.3) is 0 Å². The van der Waals surface area contributed by atoms with E-state index in [2.05, 4.69) is 0 Å². The van der Waals surface area contributed by atoms with E-state index in [1.54, 1.807) is 0 Å². The second-order valence-electron chi connectivity index (χ2n) is 3.34. The van der Waals surface area contributed by atoms with Gasteiger partial charge in [0.1, 0.15) is 0 Å². The molecule has 0 saturated heterocycles. The first-order valence-electron chi connectivity index (χ1n) is 5.63. The van der Waals surface area contributed by atoms with Crippen LogP contribution in [0.2, 0.25) is 0 Å². The molecular weight excluding hydrogens is 226 g/mol. The summed E-state index contributed by atoms with van der Waals surface area (Å²) in [5, 5.41) is 0. The van der Waals surface area contributed by atoms with Gasteiger partial charge in [0.2, 0.25) is 0 Å². The summed E-state index contributed by atoms with van der Waals surface area (Å²) in [6, 6.07) is 0. The van der Waals surface area contributed by atoms with Crippen molar-refractivity contribution >= 4 is 34.8 Å². The molecule has 0 saturated carbocycles. The summed E-state index contributed by atoms with van der Waals surface area (Å²) < 4.78 is 5.91. The molecule has 3 heteroatoms. The zero-order valence-electron chi connectivity index (χ0n) is 9.00.